The predicted octanol–water partition coefficient (Wildman–Crippen LogP) is 3.59. The highest BCUT2D eigenvalue weighted by atomic mass is 16.2. The summed E-state index contributed by atoms with van der Waals surface area (Å²) in [5, 5.41) is 7.71. The molecule has 7 heteroatoms. The Labute approximate surface area is 183 Å². The second kappa shape index (κ2) is 11.1. The van der Waals surface area contributed by atoms with Gasteiger partial charge in [0.1, 0.15) is 0 Å². The Morgan fingerprint density at radius 3 is 2.39 bits per heavy atom. The van der Waals surface area contributed by atoms with E-state index in [-0.39, 0.29) is 11.8 Å². The molecule has 3 aromatic rings. The maximum absolute atomic E-state index is 12.4. The first-order valence-electron chi connectivity index (χ1n) is 10.7. The number of nitrogens with zero attached hydrogens (tertiary/aromatic N) is 4. The molecule has 2 amide bonds. The van der Waals surface area contributed by atoms with Crippen LogP contribution in [0.25, 0.3) is 16.9 Å². The zero-order valence-corrected chi connectivity index (χ0v) is 18.1. The second-order valence-electron chi connectivity index (χ2n) is 7.22. The Morgan fingerprint density at radius 2 is 1.71 bits per heavy atom. The van der Waals surface area contributed by atoms with Crippen molar-refractivity contribution < 1.29 is 9.59 Å². The van der Waals surface area contributed by atoms with Crippen LogP contribution in [0, 0.1) is 0 Å². The van der Waals surface area contributed by atoms with E-state index in [1.165, 1.54) is 0 Å². The van der Waals surface area contributed by atoms with E-state index >= 15 is 0 Å². The molecule has 0 saturated carbocycles. The van der Waals surface area contributed by atoms with E-state index in [4.69, 9.17) is 5.10 Å². The quantitative estimate of drug-likeness (QED) is 0.545. The number of amides is 2. The molecule has 0 aliphatic rings. The number of rotatable bonds is 10. The predicted molar refractivity (Wildman–Crippen MR) is 120 cm³/mol. The molecule has 7 nitrogen and oxygen atoms in total. The van der Waals surface area contributed by atoms with E-state index in [1.54, 1.807) is 17.3 Å². The van der Waals surface area contributed by atoms with Gasteiger partial charge < -0.3 is 10.2 Å². The molecular weight excluding hydrogens is 390 g/mol. The van der Waals surface area contributed by atoms with E-state index in [2.05, 4.69) is 10.3 Å². The number of pyridine rings is 1. The highest BCUT2D eigenvalue weighted by Gasteiger charge is 2.14. The zero-order valence-electron chi connectivity index (χ0n) is 18.1. The normalized spacial score (nSPS) is 10.6. The molecule has 0 bridgehead atoms. The summed E-state index contributed by atoms with van der Waals surface area (Å²) in [6.45, 7) is 5.69. The van der Waals surface area contributed by atoms with E-state index in [1.807, 2.05) is 67.2 Å². The summed E-state index contributed by atoms with van der Waals surface area (Å²) < 4.78 is 1.82. The summed E-state index contributed by atoms with van der Waals surface area (Å²) in [5.74, 6) is 0.0300. The Balaban J connectivity index is 1.64. The summed E-state index contributed by atoms with van der Waals surface area (Å²) in [6, 6.07) is 13.7. The van der Waals surface area contributed by atoms with Gasteiger partial charge in [0.25, 0.3) is 0 Å². The molecule has 0 radical (unpaired) electrons. The monoisotopic (exact) mass is 419 g/mol. The van der Waals surface area contributed by atoms with Gasteiger partial charge in [-0.1, -0.05) is 18.2 Å². The summed E-state index contributed by atoms with van der Waals surface area (Å²) >= 11 is 0. The first-order valence-corrected chi connectivity index (χ1v) is 10.7. The lowest BCUT2D eigenvalue weighted by molar-refractivity contribution is -0.131. The SMILES string of the molecule is CCN(CC)C(=O)CCCC(=O)NCc1cn(-c2ccccc2)nc1-c1ccncc1. The number of carbonyl (C=O) groups is 2. The van der Waals surface area contributed by atoms with Crippen LogP contribution in [0.4, 0.5) is 0 Å². The minimum atomic E-state index is -0.0690. The molecule has 2 aromatic heterocycles. The Kier molecular flexibility index (Phi) is 7.92. The van der Waals surface area contributed by atoms with Crippen LogP contribution < -0.4 is 5.32 Å². The molecule has 2 heterocycles. The van der Waals surface area contributed by atoms with Crippen LogP contribution in [0.5, 0.6) is 0 Å². The molecule has 3 rings (SSSR count). The molecule has 162 valence electrons. The summed E-state index contributed by atoms with van der Waals surface area (Å²) in [7, 11) is 0. The maximum atomic E-state index is 12.4. The van der Waals surface area contributed by atoms with Crippen molar-refractivity contribution in [2.45, 2.75) is 39.7 Å². The van der Waals surface area contributed by atoms with Crippen molar-refractivity contribution in [3.05, 3.63) is 66.6 Å². The Bertz CT molecular complexity index is 982. The molecule has 0 unspecified atom stereocenters. The Morgan fingerprint density at radius 1 is 1.00 bits per heavy atom. The molecule has 0 atom stereocenters. The van der Waals surface area contributed by atoms with Crippen molar-refractivity contribution in [3.8, 4) is 16.9 Å². The molecular formula is C24H29N5O2. The smallest absolute Gasteiger partial charge is 0.222 e. The number of nitrogens with one attached hydrogen (secondary N) is 1. The van der Waals surface area contributed by atoms with Crippen LogP contribution >= 0.6 is 0 Å². The molecule has 31 heavy (non-hydrogen) atoms. The van der Waals surface area contributed by atoms with Gasteiger partial charge in [0.05, 0.1) is 11.4 Å². The van der Waals surface area contributed by atoms with Crippen molar-refractivity contribution in [3.63, 3.8) is 0 Å². The van der Waals surface area contributed by atoms with Crippen LogP contribution in [0.15, 0.2) is 61.1 Å². The van der Waals surface area contributed by atoms with Gasteiger partial charge in [-0.3, -0.25) is 14.6 Å². The summed E-state index contributed by atoms with van der Waals surface area (Å²) in [6.07, 6.45) is 6.66. The first kappa shape index (κ1) is 22.2. The summed E-state index contributed by atoms with van der Waals surface area (Å²) in [4.78, 5) is 30.3. The van der Waals surface area contributed by atoms with Gasteiger partial charge in [-0.25, -0.2) is 4.68 Å². The minimum Gasteiger partial charge on any atom is -0.352 e. The lowest BCUT2D eigenvalue weighted by Crippen LogP contribution is -2.30. The van der Waals surface area contributed by atoms with Crippen LogP contribution in [-0.4, -0.2) is 44.6 Å². The van der Waals surface area contributed by atoms with Crippen molar-refractivity contribution in [1.29, 1.82) is 0 Å². The van der Waals surface area contributed by atoms with Gasteiger partial charge in [-0.15, -0.1) is 0 Å². The van der Waals surface area contributed by atoms with E-state index in [0.29, 0.717) is 38.9 Å². The molecule has 0 saturated heterocycles. The molecule has 0 fully saturated rings. The third-order valence-electron chi connectivity index (χ3n) is 5.15. The molecule has 1 aromatic carbocycles. The van der Waals surface area contributed by atoms with Crippen LogP contribution in [0.1, 0.15) is 38.7 Å². The number of aromatic nitrogens is 3. The van der Waals surface area contributed by atoms with Gasteiger partial charge in [0.2, 0.25) is 11.8 Å². The minimum absolute atomic E-state index is 0.0690. The molecule has 0 spiro atoms. The molecule has 0 aliphatic heterocycles. The molecule has 0 aliphatic carbocycles. The largest absolute Gasteiger partial charge is 0.352 e. The van der Waals surface area contributed by atoms with Crippen molar-refractivity contribution in [2.75, 3.05) is 13.1 Å². The van der Waals surface area contributed by atoms with Gasteiger partial charge in [0, 0.05) is 62.2 Å². The van der Waals surface area contributed by atoms with Crippen LogP contribution in [-0.2, 0) is 16.1 Å². The van der Waals surface area contributed by atoms with Gasteiger partial charge in [-0.05, 0) is 44.5 Å². The average molecular weight is 420 g/mol. The first-order chi connectivity index (χ1) is 15.1. The maximum Gasteiger partial charge on any atom is 0.222 e. The van der Waals surface area contributed by atoms with Crippen LogP contribution in [0.3, 0.4) is 0 Å². The highest BCUT2D eigenvalue weighted by molar-refractivity contribution is 5.79. The fourth-order valence-electron chi connectivity index (χ4n) is 3.42. The van der Waals surface area contributed by atoms with Crippen molar-refractivity contribution in [2.24, 2.45) is 0 Å². The van der Waals surface area contributed by atoms with Gasteiger partial charge >= 0.3 is 0 Å². The summed E-state index contributed by atoms with van der Waals surface area (Å²) in [5.41, 5.74) is 3.62. The zero-order chi connectivity index (χ0) is 22.1. The number of hydrogen-bond donors (Lipinski definition) is 1. The number of carbonyl (C=O) groups excluding carboxylic acids is 2. The standard InChI is InChI=1S/C24H29N5O2/c1-3-28(4-2)23(31)12-8-11-22(30)26-17-20-18-29(21-9-6-5-7-10-21)27-24(20)19-13-15-25-16-14-19/h5-7,9-10,13-16,18H,3-4,8,11-12,17H2,1-2H3,(H,26,30). The van der Waals surface area contributed by atoms with Crippen molar-refractivity contribution >= 4 is 11.8 Å². The van der Waals surface area contributed by atoms with Gasteiger partial charge in [-0.2, -0.15) is 5.10 Å². The lowest BCUT2D eigenvalue weighted by Gasteiger charge is -2.18. The highest BCUT2D eigenvalue weighted by Crippen LogP contribution is 2.23. The molecule has 1 N–H and O–H groups in total. The fraction of sp³-hybridized carbons (Fsp3) is 0.333. The van der Waals surface area contributed by atoms with E-state index in [0.717, 1.165) is 22.5 Å². The third-order valence-corrected chi connectivity index (χ3v) is 5.15. The lowest BCUT2D eigenvalue weighted by atomic mass is 10.1. The van der Waals surface area contributed by atoms with E-state index < -0.39 is 0 Å². The van der Waals surface area contributed by atoms with E-state index in [9.17, 15) is 9.59 Å². The Hall–Kier alpha value is -3.48. The number of hydrogen-bond acceptors (Lipinski definition) is 4. The van der Waals surface area contributed by atoms with Crippen LogP contribution in [0.2, 0.25) is 0 Å². The number of para-hydroxylation sites is 1. The fourth-order valence-corrected chi connectivity index (χ4v) is 3.42. The second-order valence-corrected chi connectivity index (χ2v) is 7.22. The van der Waals surface area contributed by atoms with Gasteiger partial charge in [0.15, 0.2) is 0 Å². The topological polar surface area (TPSA) is 80.1 Å². The average Bonchev–Trinajstić information content (AvgIpc) is 3.24. The number of benzene rings is 1. The van der Waals surface area contributed by atoms with Crippen molar-refractivity contribution in [1.82, 2.24) is 25.0 Å². The third kappa shape index (κ3) is 6.01.